The third-order valence-corrected chi connectivity index (χ3v) is 4.64. The molecule has 0 atom stereocenters. The molecule has 1 fully saturated rings. The van der Waals surface area contributed by atoms with E-state index >= 15 is 0 Å². The van der Waals surface area contributed by atoms with Crippen LogP contribution in [0.3, 0.4) is 0 Å². The number of ketones is 1. The van der Waals surface area contributed by atoms with Gasteiger partial charge >= 0.3 is 0 Å². The number of Topliss-reactive ketones (excluding diaryl/α,β-unsaturated/α-hetero) is 1. The molecular weight excluding hydrogens is 250 g/mol. The first-order valence-corrected chi connectivity index (χ1v) is 7.62. The minimum absolute atomic E-state index is 0.239. The van der Waals surface area contributed by atoms with Crippen molar-refractivity contribution in [2.45, 2.75) is 45.1 Å². The average molecular weight is 275 g/mol. The lowest BCUT2D eigenvalue weighted by Gasteiger charge is -2.39. The van der Waals surface area contributed by atoms with Gasteiger partial charge in [-0.15, -0.1) is 0 Å². The van der Waals surface area contributed by atoms with Crippen LogP contribution in [-0.2, 0) is 0 Å². The van der Waals surface area contributed by atoms with Gasteiger partial charge in [0.1, 0.15) is 5.75 Å². The van der Waals surface area contributed by atoms with Crippen LogP contribution < -0.4 is 4.74 Å². The van der Waals surface area contributed by atoms with Gasteiger partial charge in [0.2, 0.25) is 0 Å². The number of hydrogen-bond donors (Lipinski definition) is 0. The summed E-state index contributed by atoms with van der Waals surface area (Å²) in [5.41, 5.74) is 0.419. The Morgan fingerprint density at radius 3 is 2.45 bits per heavy atom. The number of carbonyl (C=O) groups excluding carboxylic acids is 1. The van der Waals surface area contributed by atoms with E-state index in [4.69, 9.17) is 4.74 Å². The molecule has 0 aromatic heterocycles. The van der Waals surface area contributed by atoms with Crippen molar-refractivity contribution in [1.82, 2.24) is 4.90 Å². The van der Waals surface area contributed by atoms with Gasteiger partial charge in [-0.3, -0.25) is 9.69 Å². The van der Waals surface area contributed by atoms with Gasteiger partial charge < -0.3 is 4.74 Å². The Hall–Kier alpha value is -1.35. The van der Waals surface area contributed by atoms with Crippen molar-refractivity contribution < 1.29 is 9.53 Å². The van der Waals surface area contributed by atoms with Gasteiger partial charge in [0.05, 0.1) is 12.6 Å². The summed E-state index contributed by atoms with van der Waals surface area (Å²) in [4.78, 5) is 15.5. The van der Waals surface area contributed by atoms with Crippen molar-refractivity contribution in [3.8, 4) is 5.75 Å². The maximum Gasteiger partial charge on any atom is 0.183 e. The SMILES string of the molecule is CCC(CC)(C(=O)c1cccc(OC)c1)N1CCCC1. The van der Waals surface area contributed by atoms with Crippen LogP contribution in [0.2, 0.25) is 0 Å². The van der Waals surface area contributed by atoms with Gasteiger partial charge in [0, 0.05) is 5.56 Å². The fourth-order valence-electron chi connectivity index (χ4n) is 3.34. The van der Waals surface area contributed by atoms with Crippen LogP contribution in [0.4, 0.5) is 0 Å². The second-order valence-corrected chi connectivity index (χ2v) is 5.49. The summed E-state index contributed by atoms with van der Waals surface area (Å²) < 4.78 is 5.24. The third kappa shape index (κ3) is 2.59. The van der Waals surface area contributed by atoms with Crippen LogP contribution in [-0.4, -0.2) is 36.4 Å². The maximum absolute atomic E-state index is 13.1. The number of methoxy groups -OCH3 is 1. The summed E-state index contributed by atoms with van der Waals surface area (Å²) in [5.74, 6) is 0.988. The monoisotopic (exact) mass is 275 g/mol. The molecule has 0 saturated carbocycles. The van der Waals surface area contributed by atoms with E-state index in [1.54, 1.807) is 7.11 Å². The number of hydrogen-bond acceptors (Lipinski definition) is 3. The van der Waals surface area contributed by atoms with Crippen LogP contribution in [0, 0.1) is 0 Å². The molecule has 20 heavy (non-hydrogen) atoms. The largest absolute Gasteiger partial charge is 0.497 e. The molecule has 0 bridgehead atoms. The van der Waals surface area contributed by atoms with Gasteiger partial charge in [-0.1, -0.05) is 26.0 Å². The van der Waals surface area contributed by atoms with E-state index in [0.29, 0.717) is 0 Å². The number of likely N-dealkylation sites (tertiary alicyclic amines) is 1. The standard InChI is InChI=1S/C17H25NO2/c1-4-17(5-2,18-11-6-7-12-18)16(19)14-9-8-10-15(13-14)20-3/h8-10,13H,4-7,11-12H2,1-3H3. The summed E-state index contributed by atoms with van der Waals surface area (Å²) in [6.45, 7) is 6.33. The zero-order chi connectivity index (χ0) is 14.6. The zero-order valence-corrected chi connectivity index (χ0v) is 12.8. The first-order chi connectivity index (χ1) is 9.67. The van der Waals surface area contributed by atoms with Crippen LogP contribution in [0.25, 0.3) is 0 Å². The Bertz CT molecular complexity index is 460. The predicted octanol–water partition coefficient (Wildman–Crippen LogP) is 3.53. The molecule has 1 aromatic carbocycles. The number of rotatable bonds is 6. The normalized spacial score (nSPS) is 16.4. The Balaban J connectivity index is 2.34. The molecule has 2 rings (SSSR count). The van der Waals surface area contributed by atoms with Crippen LogP contribution >= 0.6 is 0 Å². The molecule has 3 nitrogen and oxygen atoms in total. The fourth-order valence-corrected chi connectivity index (χ4v) is 3.34. The second-order valence-electron chi connectivity index (χ2n) is 5.49. The van der Waals surface area contributed by atoms with Crippen molar-refractivity contribution in [2.75, 3.05) is 20.2 Å². The Kier molecular flexibility index (Phi) is 4.81. The maximum atomic E-state index is 13.1. The molecule has 0 radical (unpaired) electrons. The molecule has 1 saturated heterocycles. The topological polar surface area (TPSA) is 29.5 Å². The highest BCUT2D eigenvalue weighted by Gasteiger charge is 2.42. The average Bonchev–Trinajstić information content (AvgIpc) is 3.04. The Labute approximate surface area is 121 Å². The van der Waals surface area contributed by atoms with E-state index in [9.17, 15) is 4.79 Å². The highest BCUT2D eigenvalue weighted by Crippen LogP contribution is 2.32. The summed E-state index contributed by atoms with van der Waals surface area (Å²) in [5, 5.41) is 0. The number of carbonyl (C=O) groups is 1. The lowest BCUT2D eigenvalue weighted by Crippen LogP contribution is -2.52. The lowest BCUT2D eigenvalue weighted by atomic mass is 9.82. The molecule has 3 heteroatoms. The van der Waals surface area contributed by atoms with Gasteiger partial charge in [-0.05, 0) is 50.9 Å². The molecule has 1 heterocycles. The van der Waals surface area contributed by atoms with Crippen molar-refractivity contribution in [1.29, 1.82) is 0 Å². The van der Waals surface area contributed by atoms with E-state index in [2.05, 4.69) is 18.7 Å². The number of ether oxygens (including phenoxy) is 1. The smallest absolute Gasteiger partial charge is 0.183 e. The minimum Gasteiger partial charge on any atom is -0.497 e. The van der Waals surface area contributed by atoms with Crippen molar-refractivity contribution in [2.24, 2.45) is 0 Å². The summed E-state index contributed by atoms with van der Waals surface area (Å²) >= 11 is 0. The van der Waals surface area contributed by atoms with Gasteiger partial charge in [0.25, 0.3) is 0 Å². The summed E-state index contributed by atoms with van der Waals surface area (Å²) in [6, 6.07) is 7.54. The van der Waals surface area contributed by atoms with Gasteiger partial charge in [-0.25, -0.2) is 0 Å². The molecule has 0 unspecified atom stereocenters. The molecule has 0 aliphatic carbocycles. The minimum atomic E-state index is -0.344. The molecular formula is C17H25NO2. The van der Waals surface area contributed by atoms with Gasteiger partial charge in [-0.2, -0.15) is 0 Å². The first kappa shape index (κ1) is 15.0. The highest BCUT2D eigenvalue weighted by atomic mass is 16.5. The van der Waals surface area contributed by atoms with E-state index in [1.807, 2.05) is 24.3 Å². The van der Waals surface area contributed by atoms with E-state index in [-0.39, 0.29) is 11.3 Å². The zero-order valence-electron chi connectivity index (χ0n) is 12.8. The first-order valence-electron chi connectivity index (χ1n) is 7.62. The second kappa shape index (κ2) is 6.40. The quantitative estimate of drug-likeness (QED) is 0.744. The Morgan fingerprint density at radius 1 is 1.25 bits per heavy atom. The lowest BCUT2D eigenvalue weighted by molar-refractivity contribution is 0.0581. The van der Waals surface area contributed by atoms with Crippen LogP contribution in [0.5, 0.6) is 5.75 Å². The molecule has 1 aromatic rings. The fraction of sp³-hybridized carbons (Fsp3) is 0.588. The van der Waals surface area contributed by atoms with Gasteiger partial charge in [0.15, 0.2) is 5.78 Å². The van der Waals surface area contributed by atoms with E-state index in [1.165, 1.54) is 12.8 Å². The van der Waals surface area contributed by atoms with Crippen molar-refractivity contribution >= 4 is 5.78 Å². The molecule has 0 amide bonds. The molecule has 1 aliphatic heterocycles. The number of nitrogens with zero attached hydrogens (tertiary/aromatic N) is 1. The molecule has 0 spiro atoms. The summed E-state index contributed by atoms with van der Waals surface area (Å²) in [7, 11) is 1.64. The molecule has 1 aliphatic rings. The van der Waals surface area contributed by atoms with E-state index in [0.717, 1.165) is 37.2 Å². The number of benzene rings is 1. The van der Waals surface area contributed by atoms with E-state index < -0.39 is 0 Å². The van der Waals surface area contributed by atoms with Crippen LogP contribution in [0.1, 0.15) is 49.9 Å². The van der Waals surface area contributed by atoms with Crippen molar-refractivity contribution in [3.05, 3.63) is 29.8 Å². The van der Waals surface area contributed by atoms with Crippen molar-refractivity contribution in [3.63, 3.8) is 0 Å². The third-order valence-electron chi connectivity index (χ3n) is 4.64. The Morgan fingerprint density at radius 2 is 1.90 bits per heavy atom. The predicted molar refractivity (Wildman–Crippen MR) is 81.4 cm³/mol. The molecule has 0 N–H and O–H groups in total. The highest BCUT2D eigenvalue weighted by molar-refractivity contribution is 6.03. The summed E-state index contributed by atoms with van der Waals surface area (Å²) in [6.07, 6.45) is 4.12. The molecule has 110 valence electrons. The van der Waals surface area contributed by atoms with Crippen LogP contribution in [0.15, 0.2) is 24.3 Å².